The standard InChI is InChI=1S/C30H53FO9P4Si/c1-7-35-44(33,36-8-2)29(31)38-27(24-26(39-43-42)18-15-13-12-14-16-23-34-41)30(6,40-45(9-3,10-4)11-5)22-21-25-19-17-20-28(32)37-25/h12-18,20-22,25-27,29,43H,7-11,19,23-24,41-42H2,1-6H3/b13-12-,16-14+,18-15-,22-21+/t25-,26+,27?,29?,30-/m1/s1. The van der Waals surface area contributed by atoms with Crippen LogP contribution in [0.1, 0.15) is 54.4 Å². The van der Waals surface area contributed by atoms with Crippen LogP contribution >= 0.6 is 34.5 Å². The van der Waals surface area contributed by atoms with E-state index in [0.717, 1.165) is 18.1 Å². The van der Waals surface area contributed by atoms with Crippen LogP contribution in [-0.4, -0.2) is 64.1 Å². The van der Waals surface area contributed by atoms with Crippen molar-refractivity contribution in [2.75, 3.05) is 19.8 Å². The van der Waals surface area contributed by atoms with Crippen molar-refractivity contribution in [1.29, 1.82) is 0 Å². The lowest BCUT2D eigenvalue weighted by Gasteiger charge is -2.44. The molecular formula is C30H53FO9P4Si. The lowest BCUT2D eigenvalue weighted by Crippen LogP contribution is -2.53. The summed E-state index contributed by atoms with van der Waals surface area (Å²) < 4.78 is 69.7. The zero-order valence-corrected chi connectivity index (χ0v) is 32.6. The van der Waals surface area contributed by atoms with E-state index in [2.05, 4.69) is 39.2 Å². The van der Waals surface area contributed by atoms with Crippen LogP contribution in [0.2, 0.25) is 18.1 Å². The zero-order chi connectivity index (χ0) is 33.8. The van der Waals surface area contributed by atoms with E-state index in [4.69, 9.17) is 32.0 Å². The molecule has 5 unspecified atom stereocenters. The van der Waals surface area contributed by atoms with Gasteiger partial charge in [-0.25, -0.2) is 9.18 Å². The number of carbonyl (C=O) groups is 1. The summed E-state index contributed by atoms with van der Waals surface area (Å²) in [7, 11) is -1.85. The van der Waals surface area contributed by atoms with Crippen molar-refractivity contribution in [2.24, 2.45) is 0 Å². The van der Waals surface area contributed by atoms with Gasteiger partial charge in [0.2, 0.25) is 0 Å². The van der Waals surface area contributed by atoms with Crippen LogP contribution in [0, 0.1) is 0 Å². The lowest BCUT2D eigenvalue weighted by molar-refractivity contribution is -0.142. The summed E-state index contributed by atoms with van der Waals surface area (Å²) in [5, 5.41) is 0. The fourth-order valence-electron chi connectivity index (χ4n) is 4.71. The molecule has 0 bridgehead atoms. The molecule has 0 amide bonds. The number of halogens is 1. The third-order valence-electron chi connectivity index (χ3n) is 7.34. The molecule has 0 aliphatic carbocycles. The molecular weight excluding hydrogens is 675 g/mol. The minimum absolute atomic E-state index is 0.0237. The Balaban J connectivity index is 3.67. The molecule has 0 aromatic carbocycles. The molecule has 0 aromatic rings. The van der Waals surface area contributed by atoms with Crippen molar-refractivity contribution < 1.29 is 45.7 Å². The van der Waals surface area contributed by atoms with Crippen LogP contribution in [0.3, 0.4) is 0 Å². The first-order valence-electron chi connectivity index (χ1n) is 15.4. The van der Waals surface area contributed by atoms with Gasteiger partial charge in [0.1, 0.15) is 6.10 Å². The Labute approximate surface area is 277 Å². The summed E-state index contributed by atoms with van der Waals surface area (Å²) in [6.45, 7) is 11.8. The van der Waals surface area contributed by atoms with E-state index in [-0.39, 0.29) is 28.1 Å². The minimum atomic E-state index is -4.29. The van der Waals surface area contributed by atoms with Gasteiger partial charge >= 0.3 is 19.7 Å². The number of allylic oxidation sites excluding steroid dienone is 4. The molecule has 0 saturated heterocycles. The van der Waals surface area contributed by atoms with E-state index in [1.165, 1.54) is 6.08 Å². The molecule has 0 spiro atoms. The second-order valence-electron chi connectivity index (χ2n) is 10.3. The molecule has 15 heteroatoms. The Hall–Kier alpha value is -0.403. The third-order valence-corrected chi connectivity index (χ3v) is 15.0. The second-order valence-corrected chi connectivity index (χ2v) is 18.5. The van der Waals surface area contributed by atoms with E-state index >= 15 is 4.39 Å². The van der Waals surface area contributed by atoms with Crippen LogP contribution in [0.15, 0.2) is 60.8 Å². The molecule has 1 rings (SSSR count). The SMILES string of the molecule is CCOP(=O)(OCC)C(F)OC(C[C@H](\C=C/C=C\C=C\COP)OPP)[C@@](C)(/C=C/[C@H]1CC=CC(=O)O1)O[Si](CC)(CC)CC. The zero-order valence-electron chi connectivity index (χ0n) is 27.4. The average molecular weight is 729 g/mol. The summed E-state index contributed by atoms with van der Waals surface area (Å²) in [6.07, 6.45) is 14.0. The molecule has 0 radical (unpaired) electrons. The van der Waals surface area contributed by atoms with Crippen molar-refractivity contribution in [3.8, 4) is 0 Å². The van der Waals surface area contributed by atoms with Crippen LogP contribution in [0.5, 0.6) is 0 Å². The average Bonchev–Trinajstić information content (AvgIpc) is 3.02. The van der Waals surface area contributed by atoms with Gasteiger partial charge in [-0.05, 0) is 45.0 Å². The minimum Gasteiger partial charge on any atom is -0.455 e. The number of carbonyl (C=O) groups excluding carboxylic acids is 1. The number of esters is 1. The lowest BCUT2D eigenvalue weighted by atomic mass is 9.92. The van der Waals surface area contributed by atoms with Crippen LogP contribution in [-0.2, 0) is 41.4 Å². The van der Waals surface area contributed by atoms with Crippen molar-refractivity contribution in [2.45, 2.75) is 103 Å². The molecule has 0 saturated carbocycles. The van der Waals surface area contributed by atoms with E-state index in [0.29, 0.717) is 13.0 Å². The number of hydrogen-bond acceptors (Lipinski definition) is 9. The largest absolute Gasteiger partial charge is 0.455 e. The van der Waals surface area contributed by atoms with Gasteiger partial charge in [-0.15, -0.1) is 0 Å². The Morgan fingerprint density at radius 2 is 1.78 bits per heavy atom. The first kappa shape index (κ1) is 42.6. The number of ether oxygens (including phenoxy) is 2. The Kier molecular flexibility index (Phi) is 21.8. The first-order valence-corrected chi connectivity index (χ1v) is 22.7. The van der Waals surface area contributed by atoms with E-state index in [9.17, 15) is 9.36 Å². The van der Waals surface area contributed by atoms with Crippen molar-refractivity contribution >= 4 is 48.8 Å². The maximum atomic E-state index is 16.0. The van der Waals surface area contributed by atoms with Crippen molar-refractivity contribution in [1.82, 2.24) is 0 Å². The van der Waals surface area contributed by atoms with Gasteiger partial charge in [0.25, 0.3) is 0 Å². The van der Waals surface area contributed by atoms with E-state index in [1.54, 1.807) is 32.1 Å². The Morgan fingerprint density at radius 1 is 1.13 bits per heavy atom. The third kappa shape index (κ3) is 15.1. The van der Waals surface area contributed by atoms with Gasteiger partial charge in [-0.2, -0.15) is 0 Å². The predicted molar refractivity (Wildman–Crippen MR) is 191 cm³/mol. The Bertz CT molecular complexity index is 1040. The highest BCUT2D eigenvalue weighted by Gasteiger charge is 2.47. The maximum Gasteiger partial charge on any atom is 0.391 e. The Morgan fingerprint density at radius 3 is 2.33 bits per heavy atom. The predicted octanol–water partition coefficient (Wildman–Crippen LogP) is 8.73. The summed E-state index contributed by atoms with van der Waals surface area (Å²) in [4.78, 5) is 12.0. The monoisotopic (exact) mass is 728 g/mol. The summed E-state index contributed by atoms with van der Waals surface area (Å²) in [6, 6.07) is 2.46. The van der Waals surface area contributed by atoms with Crippen molar-refractivity contribution in [3.63, 3.8) is 0 Å². The van der Waals surface area contributed by atoms with E-state index < -0.39 is 51.9 Å². The second kappa shape index (κ2) is 23.0. The number of rotatable bonds is 24. The smallest absolute Gasteiger partial charge is 0.391 e. The van der Waals surface area contributed by atoms with Crippen LogP contribution in [0.25, 0.3) is 0 Å². The van der Waals surface area contributed by atoms with Gasteiger partial charge in [-0.1, -0.05) is 78.3 Å². The molecule has 1 aliphatic rings. The molecule has 45 heavy (non-hydrogen) atoms. The maximum absolute atomic E-state index is 16.0. The normalized spacial score (nSPS) is 20.2. The number of cyclic esters (lactones) is 1. The van der Waals surface area contributed by atoms with Gasteiger partial charge in [0.15, 0.2) is 8.32 Å². The summed E-state index contributed by atoms with van der Waals surface area (Å²) in [5.74, 6) is -0.437. The van der Waals surface area contributed by atoms with Gasteiger partial charge in [0, 0.05) is 36.9 Å². The molecule has 8 atom stereocenters. The van der Waals surface area contributed by atoms with Gasteiger partial charge in [-0.3, -0.25) is 4.57 Å². The molecule has 1 heterocycles. The van der Waals surface area contributed by atoms with E-state index in [1.807, 2.05) is 43.4 Å². The molecule has 1 aliphatic heterocycles. The molecule has 258 valence electrons. The highest BCUT2D eigenvalue weighted by atomic mass is 32.0. The quantitative estimate of drug-likeness (QED) is 0.0318. The molecule has 0 N–H and O–H groups in total. The highest BCUT2D eigenvalue weighted by molar-refractivity contribution is 8.00. The number of alkyl halides is 1. The first-order chi connectivity index (χ1) is 21.5. The van der Waals surface area contributed by atoms with Crippen LogP contribution < -0.4 is 0 Å². The fraction of sp³-hybridized carbons (Fsp3) is 0.633. The summed E-state index contributed by atoms with van der Waals surface area (Å²) >= 11 is 0. The topological polar surface area (TPSA) is 98.8 Å². The molecule has 0 fully saturated rings. The van der Waals surface area contributed by atoms with Crippen LogP contribution in [0.4, 0.5) is 4.39 Å². The summed E-state index contributed by atoms with van der Waals surface area (Å²) in [5.41, 5.74) is -1.23. The molecule has 9 nitrogen and oxygen atoms in total. The molecule has 0 aromatic heterocycles. The van der Waals surface area contributed by atoms with Crippen molar-refractivity contribution in [3.05, 3.63) is 60.8 Å². The van der Waals surface area contributed by atoms with Gasteiger partial charge < -0.3 is 32.0 Å². The van der Waals surface area contributed by atoms with Gasteiger partial charge in [0.05, 0.1) is 37.6 Å². The number of hydrogen-bond donors (Lipinski definition) is 0. The highest BCUT2D eigenvalue weighted by Crippen LogP contribution is 2.55. The fourth-order valence-corrected chi connectivity index (χ4v) is 10.1.